The first-order chi connectivity index (χ1) is 7.84. The summed E-state index contributed by atoms with van der Waals surface area (Å²) in [7, 11) is -2.22. The SMILES string of the molecule is CNC(=O)NC(C)c1cccc(S(N)(=O)=O)c1. The van der Waals surface area contributed by atoms with Gasteiger partial charge in [0.05, 0.1) is 10.9 Å². The summed E-state index contributed by atoms with van der Waals surface area (Å²) in [4.78, 5) is 11.1. The molecule has 0 aromatic heterocycles. The average molecular weight is 257 g/mol. The minimum atomic E-state index is -3.72. The van der Waals surface area contributed by atoms with Gasteiger partial charge >= 0.3 is 6.03 Å². The molecule has 94 valence electrons. The van der Waals surface area contributed by atoms with E-state index in [9.17, 15) is 13.2 Å². The lowest BCUT2D eigenvalue weighted by atomic mass is 10.1. The number of carbonyl (C=O) groups excluding carboxylic acids is 1. The van der Waals surface area contributed by atoms with Crippen LogP contribution in [0.5, 0.6) is 0 Å². The van der Waals surface area contributed by atoms with Crippen LogP contribution in [0.2, 0.25) is 0 Å². The number of carbonyl (C=O) groups is 1. The summed E-state index contributed by atoms with van der Waals surface area (Å²) in [5.74, 6) is 0. The monoisotopic (exact) mass is 257 g/mol. The molecule has 1 aromatic rings. The zero-order valence-corrected chi connectivity index (χ0v) is 10.4. The quantitative estimate of drug-likeness (QED) is 0.727. The minimum Gasteiger partial charge on any atom is -0.341 e. The van der Waals surface area contributed by atoms with Crippen LogP contribution in [0.4, 0.5) is 4.79 Å². The molecule has 7 heteroatoms. The van der Waals surface area contributed by atoms with Crippen LogP contribution in [0.15, 0.2) is 29.2 Å². The molecule has 0 aliphatic heterocycles. The number of urea groups is 1. The third-order valence-corrected chi connectivity index (χ3v) is 3.17. The van der Waals surface area contributed by atoms with E-state index in [1.807, 2.05) is 0 Å². The average Bonchev–Trinajstić information content (AvgIpc) is 2.28. The van der Waals surface area contributed by atoms with E-state index in [0.717, 1.165) is 0 Å². The van der Waals surface area contributed by atoms with Crippen LogP contribution in [0, 0.1) is 0 Å². The topological polar surface area (TPSA) is 101 Å². The van der Waals surface area contributed by atoms with Crippen LogP contribution in [-0.2, 0) is 10.0 Å². The summed E-state index contributed by atoms with van der Waals surface area (Å²) in [6, 6.07) is 5.50. The van der Waals surface area contributed by atoms with Gasteiger partial charge in [0, 0.05) is 7.05 Å². The first-order valence-corrected chi connectivity index (χ1v) is 6.50. The van der Waals surface area contributed by atoms with Gasteiger partial charge in [0.25, 0.3) is 0 Å². The predicted octanol–water partition coefficient (Wildman–Crippen LogP) is 0.324. The van der Waals surface area contributed by atoms with Crippen LogP contribution < -0.4 is 15.8 Å². The van der Waals surface area contributed by atoms with Crippen molar-refractivity contribution in [2.24, 2.45) is 5.14 Å². The molecule has 4 N–H and O–H groups in total. The maximum Gasteiger partial charge on any atom is 0.315 e. The normalized spacial score (nSPS) is 12.9. The number of sulfonamides is 1. The second-order valence-electron chi connectivity index (χ2n) is 3.56. The largest absolute Gasteiger partial charge is 0.341 e. The Bertz CT molecular complexity index is 513. The van der Waals surface area contributed by atoms with Gasteiger partial charge in [0.15, 0.2) is 0 Å². The zero-order valence-electron chi connectivity index (χ0n) is 9.60. The van der Waals surface area contributed by atoms with Gasteiger partial charge in [-0.25, -0.2) is 18.4 Å². The highest BCUT2D eigenvalue weighted by Gasteiger charge is 2.12. The van der Waals surface area contributed by atoms with Gasteiger partial charge in [-0.1, -0.05) is 12.1 Å². The summed E-state index contributed by atoms with van der Waals surface area (Å²) in [5.41, 5.74) is 0.667. The van der Waals surface area contributed by atoms with E-state index in [1.54, 1.807) is 19.1 Å². The van der Waals surface area contributed by atoms with Gasteiger partial charge in [0.1, 0.15) is 0 Å². The molecule has 0 aliphatic rings. The van der Waals surface area contributed by atoms with E-state index in [4.69, 9.17) is 5.14 Å². The van der Waals surface area contributed by atoms with Crippen molar-refractivity contribution >= 4 is 16.1 Å². The number of nitrogens with two attached hydrogens (primary N) is 1. The fourth-order valence-corrected chi connectivity index (χ4v) is 1.88. The van der Waals surface area contributed by atoms with Gasteiger partial charge < -0.3 is 10.6 Å². The summed E-state index contributed by atoms with van der Waals surface area (Å²) >= 11 is 0. The molecule has 17 heavy (non-hydrogen) atoms. The molecule has 0 aliphatic carbocycles. The number of rotatable bonds is 3. The second-order valence-corrected chi connectivity index (χ2v) is 5.12. The Labute approximate surface area is 100 Å². The highest BCUT2D eigenvalue weighted by molar-refractivity contribution is 7.89. The van der Waals surface area contributed by atoms with Crippen molar-refractivity contribution in [2.45, 2.75) is 17.9 Å². The maximum atomic E-state index is 11.2. The number of hydrogen-bond donors (Lipinski definition) is 3. The maximum absolute atomic E-state index is 11.2. The van der Waals surface area contributed by atoms with Gasteiger partial charge in [0.2, 0.25) is 10.0 Å². The van der Waals surface area contributed by atoms with Gasteiger partial charge in [-0.2, -0.15) is 0 Å². The Balaban J connectivity index is 2.96. The molecule has 0 heterocycles. The van der Waals surface area contributed by atoms with Gasteiger partial charge in [-0.3, -0.25) is 0 Å². The van der Waals surface area contributed by atoms with Gasteiger partial charge in [-0.05, 0) is 24.6 Å². The smallest absolute Gasteiger partial charge is 0.315 e. The summed E-state index contributed by atoms with van der Waals surface area (Å²) in [6.45, 7) is 1.75. The molecule has 1 atom stereocenters. The van der Waals surface area contributed by atoms with Crippen molar-refractivity contribution in [3.05, 3.63) is 29.8 Å². The zero-order chi connectivity index (χ0) is 13.1. The molecule has 2 amide bonds. The number of hydrogen-bond acceptors (Lipinski definition) is 3. The Kier molecular flexibility index (Phi) is 4.08. The van der Waals surface area contributed by atoms with Crippen molar-refractivity contribution in [3.63, 3.8) is 0 Å². The molecule has 0 spiro atoms. The van der Waals surface area contributed by atoms with E-state index in [1.165, 1.54) is 19.2 Å². The van der Waals surface area contributed by atoms with Gasteiger partial charge in [-0.15, -0.1) is 0 Å². The van der Waals surface area contributed by atoms with Crippen LogP contribution in [0.3, 0.4) is 0 Å². The number of amides is 2. The van der Waals surface area contributed by atoms with Crippen molar-refractivity contribution in [1.29, 1.82) is 0 Å². The Hall–Kier alpha value is -1.60. The molecule has 1 rings (SSSR count). The molecular formula is C10H15N3O3S. The standard InChI is InChI=1S/C10H15N3O3S/c1-7(13-10(14)12-2)8-4-3-5-9(6-8)17(11,15)16/h3-7H,1-2H3,(H2,11,15,16)(H2,12,13,14). The molecular weight excluding hydrogens is 242 g/mol. The van der Waals surface area contributed by atoms with E-state index < -0.39 is 10.0 Å². The van der Waals surface area contributed by atoms with Crippen LogP contribution in [0.1, 0.15) is 18.5 Å². The third-order valence-electron chi connectivity index (χ3n) is 2.26. The molecule has 0 saturated heterocycles. The van der Waals surface area contributed by atoms with Crippen molar-refractivity contribution in [3.8, 4) is 0 Å². The lowest BCUT2D eigenvalue weighted by Crippen LogP contribution is -2.34. The highest BCUT2D eigenvalue weighted by atomic mass is 32.2. The predicted molar refractivity (Wildman–Crippen MR) is 63.8 cm³/mol. The van der Waals surface area contributed by atoms with E-state index in [0.29, 0.717) is 5.56 Å². The fourth-order valence-electron chi connectivity index (χ4n) is 1.31. The van der Waals surface area contributed by atoms with Crippen LogP contribution in [0.25, 0.3) is 0 Å². The summed E-state index contributed by atoms with van der Waals surface area (Å²) in [6.07, 6.45) is 0. The molecule has 0 radical (unpaired) electrons. The van der Waals surface area contributed by atoms with Crippen molar-refractivity contribution in [2.75, 3.05) is 7.05 Å². The third kappa shape index (κ3) is 3.72. The highest BCUT2D eigenvalue weighted by Crippen LogP contribution is 2.16. The van der Waals surface area contributed by atoms with E-state index in [-0.39, 0.29) is 17.0 Å². The molecule has 1 aromatic carbocycles. The molecule has 6 nitrogen and oxygen atoms in total. The number of primary sulfonamides is 1. The Morgan fingerprint density at radius 3 is 2.59 bits per heavy atom. The number of benzene rings is 1. The van der Waals surface area contributed by atoms with E-state index >= 15 is 0 Å². The summed E-state index contributed by atoms with van der Waals surface area (Å²) in [5, 5.41) is 10.1. The van der Waals surface area contributed by atoms with Crippen LogP contribution >= 0.6 is 0 Å². The number of nitrogens with one attached hydrogen (secondary N) is 2. The lowest BCUT2D eigenvalue weighted by molar-refractivity contribution is 0.240. The fraction of sp³-hybridized carbons (Fsp3) is 0.300. The second kappa shape index (κ2) is 5.15. The van der Waals surface area contributed by atoms with Crippen molar-refractivity contribution < 1.29 is 13.2 Å². The lowest BCUT2D eigenvalue weighted by Gasteiger charge is -2.14. The van der Waals surface area contributed by atoms with E-state index in [2.05, 4.69) is 10.6 Å². The summed E-state index contributed by atoms with van der Waals surface area (Å²) < 4.78 is 22.3. The molecule has 0 saturated carbocycles. The van der Waals surface area contributed by atoms with Crippen LogP contribution in [-0.4, -0.2) is 21.5 Å². The van der Waals surface area contributed by atoms with Crippen molar-refractivity contribution in [1.82, 2.24) is 10.6 Å². The Morgan fingerprint density at radius 2 is 2.06 bits per heavy atom. The minimum absolute atomic E-state index is 0.0283. The Morgan fingerprint density at radius 1 is 1.41 bits per heavy atom. The molecule has 0 bridgehead atoms. The molecule has 0 fully saturated rings. The first kappa shape index (κ1) is 13.5. The molecule has 1 unspecified atom stereocenters. The first-order valence-electron chi connectivity index (χ1n) is 4.95.